The second-order valence-corrected chi connectivity index (χ2v) is 4.20. The summed E-state index contributed by atoms with van der Waals surface area (Å²) in [4.78, 5) is 17.0. The highest BCUT2D eigenvalue weighted by molar-refractivity contribution is 7.55. The molecule has 0 atom stereocenters. The summed E-state index contributed by atoms with van der Waals surface area (Å²) in [6.07, 6.45) is 1.41. The molecule has 0 aliphatic carbocycles. The molecule has 3 N–H and O–H groups in total. The van der Waals surface area contributed by atoms with Crippen molar-refractivity contribution < 1.29 is 14.4 Å². The van der Waals surface area contributed by atoms with Crippen molar-refractivity contribution in [2.75, 3.05) is 11.9 Å². The highest BCUT2D eigenvalue weighted by atomic mass is 31.2. The van der Waals surface area contributed by atoms with E-state index in [0.717, 1.165) is 11.5 Å². The minimum absolute atomic E-state index is 0.398. The Labute approximate surface area is 82.4 Å². The molecule has 0 aliphatic rings. The molecule has 14 heavy (non-hydrogen) atoms. The normalized spacial score (nSPS) is 11.9. The zero-order chi connectivity index (χ0) is 10.4. The average Bonchev–Trinajstić information content (AvgIpc) is 2.13. The van der Waals surface area contributed by atoms with E-state index >= 15 is 0 Å². The van der Waals surface area contributed by atoms with Crippen molar-refractivity contribution in [3.8, 4) is 0 Å². The van der Waals surface area contributed by atoms with Crippen molar-refractivity contribution in [2.24, 2.45) is 0 Å². The summed E-state index contributed by atoms with van der Waals surface area (Å²) in [6.45, 7) is 0.398. The lowest BCUT2D eigenvalue weighted by molar-refractivity contribution is 0.386. The first-order valence-corrected chi connectivity index (χ1v) is 5.78. The van der Waals surface area contributed by atoms with Gasteiger partial charge in [0.1, 0.15) is 0 Å². The summed E-state index contributed by atoms with van der Waals surface area (Å²) < 4.78 is 10.4. The molecule has 0 saturated heterocycles. The van der Waals surface area contributed by atoms with Gasteiger partial charge in [0.25, 0.3) is 0 Å². The van der Waals surface area contributed by atoms with Crippen LogP contribution in [0, 0.1) is 0 Å². The van der Waals surface area contributed by atoms with E-state index in [9.17, 15) is 4.57 Å². The first-order chi connectivity index (χ1) is 6.58. The van der Waals surface area contributed by atoms with Gasteiger partial charge >= 0.3 is 7.60 Å². The van der Waals surface area contributed by atoms with Gasteiger partial charge in [0.2, 0.25) is 0 Å². The van der Waals surface area contributed by atoms with E-state index in [1.165, 1.54) is 6.08 Å². The number of hydrogen-bond acceptors (Lipinski definition) is 2. The SMILES string of the molecule is O=P(O)(O)C=CCNc1ccccc1. The Hall–Kier alpha value is -1.09. The Morgan fingerprint density at radius 2 is 1.93 bits per heavy atom. The minimum atomic E-state index is -4.01. The summed E-state index contributed by atoms with van der Waals surface area (Å²) in [5.41, 5.74) is 0.919. The molecule has 1 aromatic rings. The van der Waals surface area contributed by atoms with Crippen LogP contribution in [0.4, 0.5) is 5.69 Å². The molecule has 0 unspecified atom stereocenters. The zero-order valence-corrected chi connectivity index (χ0v) is 8.39. The van der Waals surface area contributed by atoms with Crippen molar-refractivity contribution in [3.05, 3.63) is 42.2 Å². The number of nitrogens with one attached hydrogen (secondary N) is 1. The fourth-order valence-corrected chi connectivity index (χ4v) is 1.30. The third-order valence-corrected chi connectivity index (χ3v) is 2.10. The van der Waals surface area contributed by atoms with Gasteiger partial charge in [-0.2, -0.15) is 0 Å². The van der Waals surface area contributed by atoms with Crippen LogP contribution in [0.15, 0.2) is 42.2 Å². The predicted octanol–water partition coefficient (Wildman–Crippen LogP) is 1.79. The van der Waals surface area contributed by atoms with Crippen LogP contribution in [0.5, 0.6) is 0 Å². The number of para-hydroxylation sites is 1. The summed E-state index contributed by atoms with van der Waals surface area (Å²) in [5.74, 6) is 0.892. The number of hydrogen-bond donors (Lipinski definition) is 3. The molecule has 0 saturated carbocycles. The van der Waals surface area contributed by atoms with Crippen LogP contribution in [-0.2, 0) is 4.57 Å². The monoisotopic (exact) mass is 213 g/mol. The summed E-state index contributed by atoms with van der Waals surface area (Å²) in [6, 6.07) is 9.43. The standard InChI is InChI=1S/C9H12NO3P/c11-14(12,13)8-4-7-10-9-5-2-1-3-6-9/h1-6,8,10H,7H2,(H2,11,12,13). The second kappa shape index (κ2) is 4.96. The molecule has 4 nitrogen and oxygen atoms in total. The fourth-order valence-electron chi connectivity index (χ4n) is 0.923. The van der Waals surface area contributed by atoms with Gasteiger partial charge in [-0.25, -0.2) is 0 Å². The van der Waals surface area contributed by atoms with Crippen LogP contribution in [0.25, 0.3) is 0 Å². The van der Waals surface area contributed by atoms with E-state index in [-0.39, 0.29) is 0 Å². The Balaban J connectivity index is 2.36. The molecule has 0 radical (unpaired) electrons. The maximum Gasteiger partial charge on any atom is 0.348 e. The Kier molecular flexibility index (Phi) is 3.89. The topological polar surface area (TPSA) is 69.6 Å². The predicted molar refractivity (Wildman–Crippen MR) is 56.1 cm³/mol. The molecule has 0 bridgehead atoms. The quantitative estimate of drug-likeness (QED) is 0.667. The van der Waals surface area contributed by atoms with Crippen molar-refractivity contribution in [2.45, 2.75) is 0 Å². The molecule has 0 aliphatic heterocycles. The molecule has 1 aromatic carbocycles. The smallest absolute Gasteiger partial charge is 0.348 e. The summed E-state index contributed by atoms with van der Waals surface area (Å²) >= 11 is 0. The average molecular weight is 213 g/mol. The molecule has 76 valence electrons. The Morgan fingerprint density at radius 3 is 2.50 bits per heavy atom. The second-order valence-electron chi connectivity index (χ2n) is 2.72. The van der Waals surface area contributed by atoms with E-state index in [1.54, 1.807) is 0 Å². The van der Waals surface area contributed by atoms with Gasteiger partial charge in [0.05, 0.1) is 0 Å². The number of rotatable bonds is 4. The molecule has 5 heteroatoms. The van der Waals surface area contributed by atoms with E-state index in [1.807, 2.05) is 30.3 Å². The maximum absolute atomic E-state index is 10.4. The van der Waals surface area contributed by atoms with Gasteiger partial charge in [0, 0.05) is 18.0 Å². The van der Waals surface area contributed by atoms with Crippen molar-refractivity contribution in [3.63, 3.8) is 0 Å². The van der Waals surface area contributed by atoms with E-state index in [4.69, 9.17) is 9.79 Å². The molecule has 0 aromatic heterocycles. The van der Waals surface area contributed by atoms with E-state index < -0.39 is 7.60 Å². The molecule has 0 heterocycles. The number of benzene rings is 1. The van der Waals surface area contributed by atoms with Crippen molar-refractivity contribution in [1.29, 1.82) is 0 Å². The Morgan fingerprint density at radius 1 is 1.29 bits per heavy atom. The zero-order valence-electron chi connectivity index (χ0n) is 7.50. The van der Waals surface area contributed by atoms with Gasteiger partial charge in [-0.3, -0.25) is 4.57 Å². The molecule has 1 rings (SSSR count). The largest absolute Gasteiger partial charge is 0.382 e. The number of anilines is 1. The summed E-state index contributed by atoms with van der Waals surface area (Å²) in [7, 11) is -4.01. The maximum atomic E-state index is 10.4. The summed E-state index contributed by atoms with van der Waals surface area (Å²) in [5, 5.41) is 2.99. The van der Waals surface area contributed by atoms with Crippen LogP contribution in [0.3, 0.4) is 0 Å². The van der Waals surface area contributed by atoms with Crippen LogP contribution in [0.2, 0.25) is 0 Å². The highest BCUT2D eigenvalue weighted by Crippen LogP contribution is 2.35. The minimum Gasteiger partial charge on any atom is -0.382 e. The fraction of sp³-hybridized carbons (Fsp3) is 0.111. The van der Waals surface area contributed by atoms with Crippen LogP contribution < -0.4 is 5.32 Å². The van der Waals surface area contributed by atoms with Gasteiger partial charge < -0.3 is 15.1 Å². The third-order valence-electron chi connectivity index (χ3n) is 1.50. The van der Waals surface area contributed by atoms with Crippen LogP contribution >= 0.6 is 7.60 Å². The van der Waals surface area contributed by atoms with Gasteiger partial charge in [0.15, 0.2) is 0 Å². The third kappa shape index (κ3) is 4.82. The molecule has 0 amide bonds. The molecule has 0 spiro atoms. The molecule has 0 fully saturated rings. The first kappa shape index (κ1) is 11.0. The lowest BCUT2D eigenvalue weighted by Crippen LogP contribution is -1.97. The van der Waals surface area contributed by atoms with Crippen LogP contribution in [0.1, 0.15) is 0 Å². The van der Waals surface area contributed by atoms with Gasteiger partial charge in [-0.05, 0) is 12.1 Å². The van der Waals surface area contributed by atoms with E-state index in [2.05, 4.69) is 5.32 Å². The van der Waals surface area contributed by atoms with Crippen molar-refractivity contribution in [1.82, 2.24) is 0 Å². The van der Waals surface area contributed by atoms with Crippen LogP contribution in [-0.4, -0.2) is 16.3 Å². The molecular formula is C9H12NO3P. The molecular weight excluding hydrogens is 201 g/mol. The highest BCUT2D eigenvalue weighted by Gasteiger charge is 2.03. The van der Waals surface area contributed by atoms with Gasteiger partial charge in [-0.1, -0.05) is 24.3 Å². The lowest BCUT2D eigenvalue weighted by Gasteiger charge is -2.01. The van der Waals surface area contributed by atoms with E-state index in [0.29, 0.717) is 6.54 Å². The lowest BCUT2D eigenvalue weighted by atomic mass is 10.3. The Bertz CT molecular complexity index is 344. The van der Waals surface area contributed by atoms with Crippen molar-refractivity contribution >= 4 is 13.3 Å². The van der Waals surface area contributed by atoms with Gasteiger partial charge in [-0.15, -0.1) is 0 Å². The first-order valence-electron chi connectivity index (χ1n) is 4.10.